The van der Waals surface area contributed by atoms with Gasteiger partial charge in [-0.15, -0.1) is 0 Å². The average molecular weight is 509 g/mol. The van der Waals surface area contributed by atoms with Crippen molar-refractivity contribution in [2.45, 2.75) is 50.3 Å². The number of hydrogen-bond donors (Lipinski definition) is 0. The van der Waals surface area contributed by atoms with Crippen LogP contribution in [0.2, 0.25) is 0 Å². The topological polar surface area (TPSA) is 42.0 Å². The van der Waals surface area contributed by atoms with Gasteiger partial charge in [-0.3, -0.25) is 0 Å². The van der Waals surface area contributed by atoms with Crippen molar-refractivity contribution in [2.75, 3.05) is 44.2 Å². The molecule has 0 bridgehead atoms. The first-order valence-corrected chi connectivity index (χ1v) is 12.5. The first-order valence-electron chi connectivity index (χ1n) is 12.5. The summed E-state index contributed by atoms with van der Waals surface area (Å²) in [5.74, 6) is -1.97. The number of rotatable bonds is 8. The second-order valence-corrected chi connectivity index (χ2v) is 9.47. The van der Waals surface area contributed by atoms with Gasteiger partial charge in [0.05, 0.1) is 6.61 Å². The summed E-state index contributed by atoms with van der Waals surface area (Å²) in [4.78, 5) is 16.2. The van der Waals surface area contributed by atoms with Crippen LogP contribution in [-0.4, -0.2) is 56.4 Å². The van der Waals surface area contributed by atoms with Crippen LogP contribution in [0, 0.1) is 5.82 Å². The number of benzene rings is 2. The van der Waals surface area contributed by atoms with Crippen LogP contribution in [0.25, 0.3) is 0 Å². The van der Waals surface area contributed by atoms with E-state index in [9.17, 15) is 22.4 Å². The fourth-order valence-electron chi connectivity index (χ4n) is 4.98. The summed E-state index contributed by atoms with van der Waals surface area (Å²) in [5, 5.41) is 0. The average Bonchev–Trinajstić information content (AvgIpc) is 2.88. The largest absolute Gasteiger partial charge is 0.494 e. The molecular formula is C27H32F4N2O3. The van der Waals surface area contributed by atoms with E-state index in [4.69, 9.17) is 9.47 Å². The fourth-order valence-corrected chi connectivity index (χ4v) is 4.98. The van der Waals surface area contributed by atoms with Crippen molar-refractivity contribution < 1.29 is 31.8 Å². The number of halogens is 4. The molecule has 9 heteroatoms. The molecule has 5 nitrogen and oxygen atoms in total. The molecule has 2 aliphatic rings. The van der Waals surface area contributed by atoms with Gasteiger partial charge in [0.25, 0.3) is 0 Å². The Bertz CT molecular complexity index is 982. The van der Waals surface area contributed by atoms with Crippen LogP contribution in [-0.2, 0) is 15.1 Å². The van der Waals surface area contributed by atoms with Gasteiger partial charge >= 0.3 is 12.1 Å². The van der Waals surface area contributed by atoms with Crippen LogP contribution >= 0.6 is 0 Å². The van der Waals surface area contributed by atoms with E-state index >= 15 is 0 Å². The molecule has 2 heterocycles. The molecule has 2 aliphatic heterocycles. The predicted octanol–water partition coefficient (Wildman–Crippen LogP) is 5.68. The van der Waals surface area contributed by atoms with Gasteiger partial charge in [-0.2, -0.15) is 13.2 Å². The van der Waals surface area contributed by atoms with Crippen LogP contribution in [0.5, 0.6) is 5.75 Å². The zero-order valence-electron chi connectivity index (χ0n) is 20.2. The van der Waals surface area contributed by atoms with Gasteiger partial charge in [0.2, 0.25) is 0 Å². The third kappa shape index (κ3) is 6.69. The SMILES string of the molecule is O=C(OC1(c2ccc(F)cc2)CCN(c2ccc(OCCCN3CCCCC3)cc2)CC1)C(F)(F)F. The van der Waals surface area contributed by atoms with E-state index in [0.717, 1.165) is 36.5 Å². The lowest BCUT2D eigenvalue weighted by Crippen LogP contribution is -2.47. The molecule has 36 heavy (non-hydrogen) atoms. The number of alkyl halides is 3. The third-order valence-electron chi connectivity index (χ3n) is 7.00. The van der Waals surface area contributed by atoms with Gasteiger partial charge in [-0.1, -0.05) is 18.6 Å². The number of likely N-dealkylation sites (tertiary alicyclic amines) is 1. The number of anilines is 1. The Kier molecular flexibility index (Phi) is 8.39. The highest BCUT2D eigenvalue weighted by molar-refractivity contribution is 5.76. The lowest BCUT2D eigenvalue weighted by atomic mass is 9.83. The van der Waals surface area contributed by atoms with Crippen LogP contribution in [0.3, 0.4) is 0 Å². The van der Waals surface area contributed by atoms with Crippen LogP contribution < -0.4 is 9.64 Å². The monoisotopic (exact) mass is 508 g/mol. The number of ether oxygens (including phenoxy) is 2. The standard InChI is InChI=1S/C27H32F4N2O3/c28-22-7-5-21(6-8-22)26(36-25(34)27(29,30)31)13-18-33(19-14-26)23-9-11-24(12-10-23)35-20-4-17-32-15-2-1-3-16-32/h5-12H,1-4,13-20H2. The second kappa shape index (κ2) is 11.5. The van der Waals surface area contributed by atoms with Gasteiger partial charge in [-0.25, -0.2) is 9.18 Å². The third-order valence-corrected chi connectivity index (χ3v) is 7.00. The quantitative estimate of drug-likeness (QED) is 0.261. The Morgan fingerprint density at radius 2 is 1.53 bits per heavy atom. The maximum atomic E-state index is 13.4. The summed E-state index contributed by atoms with van der Waals surface area (Å²) in [5.41, 5.74) is -0.200. The lowest BCUT2D eigenvalue weighted by Gasteiger charge is -2.42. The van der Waals surface area contributed by atoms with E-state index in [2.05, 4.69) is 4.90 Å². The smallest absolute Gasteiger partial charge is 0.490 e. The summed E-state index contributed by atoms with van der Waals surface area (Å²) in [6.45, 7) is 4.77. The molecule has 2 aromatic rings. The Morgan fingerprint density at radius 3 is 2.14 bits per heavy atom. The summed E-state index contributed by atoms with van der Waals surface area (Å²) >= 11 is 0. The van der Waals surface area contributed by atoms with Crippen LogP contribution in [0.1, 0.15) is 44.1 Å². The molecule has 2 fully saturated rings. The normalized spacial score (nSPS) is 18.6. The summed E-state index contributed by atoms with van der Waals surface area (Å²) < 4.78 is 63.3. The molecule has 0 amide bonds. The molecule has 0 N–H and O–H groups in total. The highest BCUT2D eigenvalue weighted by atomic mass is 19.4. The van der Waals surface area contributed by atoms with Gasteiger partial charge in [-0.05, 0) is 74.3 Å². The van der Waals surface area contributed by atoms with E-state index in [1.807, 2.05) is 29.2 Å². The summed E-state index contributed by atoms with van der Waals surface area (Å²) in [7, 11) is 0. The van der Waals surface area contributed by atoms with Crippen molar-refractivity contribution in [3.05, 3.63) is 59.9 Å². The van der Waals surface area contributed by atoms with Gasteiger partial charge in [0, 0.05) is 38.2 Å². The first kappa shape index (κ1) is 26.3. The van der Waals surface area contributed by atoms with Gasteiger partial charge in [0.15, 0.2) is 0 Å². The van der Waals surface area contributed by atoms with E-state index in [1.54, 1.807) is 0 Å². The van der Waals surface area contributed by atoms with Crippen molar-refractivity contribution in [1.82, 2.24) is 4.90 Å². The minimum absolute atomic E-state index is 0.148. The van der Waals surface area contributed by atoms with Crippen molar-refractivity contribution in [2.24, 2.45) is 0 Å². The Balaban J connectivity index is 1.33. The number of esters is 1. The molecule has 2 saturated heterocycles. The molecule has 0 spiro atoms. The molecule has 0 saturated carbocycles. The number of piperidine rings is 2. The fraction of sp³-hybridized carbons (Fsp3) is 0.519. The number of carbonyl (C=O) groups is 1. The molecule has 0 aromatic heterocycles. The number of hydrogen-bond acceptors (Lipinski definition) is 5. The molecule has 0 atom stereocenters. The zero-order valence-corrected chi connectivity index (χ0v) is 20.2. The molecule has 0 radical (unpaired) electrons. The van der Waals surface area contributed by atoms with Crippen molar-refractivity contribution in [3.8, 4) is 5.75 Å². The summed E-state index contributed by atoms with van der Waals surface area (Å²) in [6, 6.07) is 12.7. The van der Waals surface area contributed by atoms with Crippen molar-refractivity contribution in [1.29, 1.82) is 0 Å². The Labute approximate surface area is 209 Å². The second-order valence-electron chi connectivity index (χ2n) is 9.47. The Hall–Kier alpha value is -2.81. The predicted molar refractivity (Wildman–Crippen MR) is 129 cm³/mol. The van der Waals surface area contributed by atoms with E-state index < -0.39 is 23.6 Å². The number of nitrogens with zero attached hydrogens (tertiary/aromatic N) is 2. The molecular weight excluding hydrogens is 476 g/mol. The van der Waals surface area contributed by atoms with E-state index in [1.165, 1.54) is 44.5 Å². The highest BCUT2D eigenvalue weighted by Gasteiger charge is 2.48. The summed E-state index contributed by atoms with van der Waals surface area (Å²) in [6.07, 6.45) is 0.0274. The van der Waals surface area contributed by atoms with Crippen LogP contribution in [0.4, 0.5) is 23.2 Å². The maximum Gasteiger partial charge on any atom is 0.490 e. The maximum absolute atomic E-state index is 13.4. The molecule has 0 aliphatic carbocycles. The number of carbonyl (C=O) groups excluding carboxylic acids is 1. The molecule has 0 unspecified atom stereocenters. The first-order chi connectivity index (χ1) is 17.2. The van der Waals surface area contributed by atoms with E-state index in [0.29, 0.717) is 25.3 Å². The lowest BCUT2D eigenvalue weighted by molar-refractivity contribution is -0.217. The highest BCUT2D eigenvalue weighted by Crippen LogP contribution is 2.40. The molecule has 4 rings (SSSR count). The Morgan fingerprint density at radius 1 is 0.889 bits per heavy atom. The minimum atomic E-state index is -5.10. The minimum Gasteiger partial charge on any atom is -0.494 e. The molecule has 2 aromatic carbocycles. The van der Waals surface area contributed by atoms with Gasteiger partial charge in [0.1, 0.15) is 17.2 Å². The van der Waals surface area contributed by atoms with Crippen molar-refractivity contribution >= 4 is 11.7 Å². The zero-order chi connectivity index (χ0) is 25.6. The van der Waals surface area contributed by atoms with Crippen LogP contribution in [0.15, 0.2) is 48.5 Å². The van der Waals surface area contributed by atoms with Crippen molar-refractivity contribution in [3.63, 3.8) is 0 Å². The molecule has 196 valence electrons. The van der Waals surface area contributed by atoms with E-state index in [-0.39, 0.29) is 12.8 Å². The van der Waals surface area contributed by atoms with Gasteiger partial charge < -0.3 is 19.3 Å².